The van der Waals surface area contributed by atoms with Crippen LogP contribution in [-0.2, 0) is 21.3 Å². The molecule has 140 valence electrons. The fourth-order valence-electron chi connectivity index (χ4n) is 2.37. The number of carbonyl (C=O) groups excluding carboxylic acids is 1. The molecule has 5 nitrogen and oxygen atoms in total. The summed E-state index contributed by atoms with van der Waals surface area (Å²) in [5, 5.41) is 0. The third kappa shape index (κ3) is 4.95. The fourth-order valence-corrected chi connectivity index (χ4v) is 4.17. The molecule has 2 rings (SSSR count). The van der Waals surface area contributed by atoms with Gasteiger partial charge in [0.2, 0.25) is 10.0 Å². The molecular weight excluding hydrogens is 381 g/mol. The van der Waals surface area contributed by atoms with Crippen molar-refractivity contribution in [1.29, 1.82) is 0 Å². The lowest BCUT2D eigenvalue weighted by atomic mass is 10.1. The number of benzene rings is 2. The minimum Gasteiger partial charge on any atom is -0.465 e. The van der Waals surface area contributed by atoms with E-state index in [0.717, 1.165) is 10.4 Å². The summed E-state index contributed by atoms with van der Waals surface area (Å²) < 4.78 is 45.5. The molecule has 0 aliphatic heterocycles. The molecule has 26 heavy (non-hydrogen) atoms. The third-order valence-corrected chi connectivity index (χ3v) is 5.79. The van der Waals surface area contributed by atoms with Crippen molar-refractivity contribution in [2.45, 2.75) is 13.0 Å². The molecule has 0 aromatic heterocycles. The Morgan fingerprint density at radius 1 is 1.19 bits per heavy atom. The van der Waals surface area contributed by atoms with Crippen LogP contribution in [0.1, 0.15) is 22.3 Å². The van der Waals surface area contributed by atoms with Crippen LogP contribution in [0.5, 0.6) is 0 Å². The highest BCUT2D eigenvalue weighted by atomic mass is 35.5. The molecule has 0 bridgehead atoms. The van der Waals surface area contributed by atoms with Gasteiger partial charge in [0.25, 0.3) is 0 Å². The van der Waals surface area contributed by atoms with Gasteiger partial charge in [-0.05, 0) is 30.7 Å². The number of rotatable bonds is 8. The molecular formula is C18H19ClFNO4S. The Morgan fingerprint density at radius 2 is 1.88 bits per heavy atom. The summed E-state index contributed by atoms with van der Waals surface area (Å²) >= 11 is 5.62. The van der Waals surface area contributed by atoms with Crippen LogP contribution in [-0.4, -0.2) is 33.1 Å². The van der Waals surface area contributed by atoms with E-state index in [9.17, 15) is 17.6 Å². The maximum absolute atomic E-state index is 14.4. The Hall–Kier alpha value is -2.12. The molecule has 0 aliphatic carbocycles. The van der Waals surface area contributed by atoms with Gasteiger partial charge in [-0.15, -0.1) is 11.6 Å². The fraction of sp³-hybridized carbons (Fsp3) is 0.278. The minimum absolute atomic E-state index is 0.0602. The molecule has 2 aromatic rings. The van der Waals surface area contributed by atoms with Gasteiger partial charge in [-0.3, -0.25) is 4.31 Å². The topological polar surface area (TPSA) is 63.7 Å². The normalized spacial score (nSPS) is 11.2. The number of anilines is 1. The maximum Gasteiger partial charge on any atom is 0.337 e. The van der Waals surface area contributed by atoms with Crippen molar-refractivity contribution in [2.24, 2.45) is 0 Å². The van der Waals surface area contributed by atoms with Crippen molar-refractivity contribution in [3.8, 4) is 0 Å². The van der Waals surface area contributed by atoms with Crippen LogP contribution in [0.25, 0.3) is 0 Å². The summed E-state index contributed by atoms with van der Waals surface area (Å²) in [5.74, 6) is -1.27. The van der Waals surface area contributed by atoms with Crippen LogP contribution < -0.4 is 4.31 Å². The average Bonchev–Trinajstić information content (AvgIpc) is 2.65. The van der Waals surface area contributed by atoms with Crippen LogP contribution in [0.2, 0.25) is 0 Å². The monoisotopic (exact) mass is 399 g/mol. The van der Waals surface area contributed by atoms with E-state index in [1.54, 1.807) is 30.3 Å². The van der Waals surface area contributed by atoms with E-state index >= 15 is 0 Å². The first-order valence-electron chi connectivity index (χ1n) is 7.87. The minimum atomic E-state index is -3.69. The van der Waals surface area contributed by atoms with Crippen molar-refractivity contribution in [2.75, 3.05) is 23.0 Å². The molecule has 0 saturated carbocycles. The van der Waals surface area contributed by atoms with E-state index in [1.165, 1.54) is 19.2 Å². The zero-order valence-corrected chi connectivity index (χ0v) is 15.8. The second-order valence-electron chi connectivity index (χ2n) is 5.50. The van der Waals surface area contributed by atoms with Crippen molar-refractivity contribution in [3.05, 3.63) is 65.5 Å². The predicted molar refractivity (Wildman–Crippen MR) is 99.5 cm³/mol. The van der Waals surface area contributed by atoms with Gasteiger partial charge in [0.15, 0.2) is 0 Å². The number of hydrogen-bond acceptors (Lipinski definition) is 4. The SMILES string of the molecule is COC(=O)c1ccc(CN(c2ccccc2)S(=O)(=O)CCCCl)c(F)c1. The number of alkyl halides is 1. The van der Waals surface area contributed by atoms with Gasteiger partial charge in [0.1, 0.15) is 5.82 Å². The van der Waals surface area contributed by atoms with Crippen LogP contribution in [0.4, 0.5) is 10.1 Å². The summed E-state index contributed by atoms with van der Waals surface area (Å²) in [6, 6.07) is 12.3. The molecule has 0 spiro atoms. The van der Waals surface area contributed by atoms with Crippen LogP contribution in [0.3, 0.4) is 0 Å². The van der Waals surface area contributed by atoms with E-state index < -0.39 is 21.8 Å². The van der Waals surface area contributed by atoms with Gasteiger partial charge in [0.05, 0.1) is 30.7 Å². The quantitative estimate of drug-likeness (QED) is 0.502. The Kier molecular flexibility index (Phi) is 6.99. The molecule has 0 N–H and O–H groups in total. The number of nitrogens with zero attached hydrogens (tertiary/aromatic N) is 1. The molecule has 8 heteroatoms. The van der Waals surface area contributed by atoms with Gasteiger partial charge in [-0.2, -0.15) is 0 Å². The van der Waals surface area contributed by atoms with E-state index in [2.05, 4.69) is 4.74 Å². The lowest BCUT2D eigenvalue weighted by Gasteiger charge is -2.25. The van der Waals surface area contributed by atoms with E-state index in [-0.39, 0.29) is 35.7 Å². The summed E-state index contributed by atoms with van der Waals surface area (Å²) in [7, 11) is -2.49. The first kappa shape index (κ1) is 20.2. The van der Waals surface area contributed by atoms with Crippen LogP contribution >= 0.6 is 11.6 Å². The Labute approximate surface area is 157 Å². The Balaban J connectivity index is 2.37. The highest BCUT2D eigenvalue weighted by molar-refractivity contribution is 7.92. The van der Waals surface area contributed by atoms with Crippen molar-refractivity contribution in [3.63, 3.8) is 0 Å². The largest absolute Gasteiger partial charge is 0.465 e. The molecule has 2 aromatic carbocycles. The number of sulfonamides is 1. The molecule has 0 atom stereocenters. The molecule has 0 radical (unpaired) electrons. The first-order chi connectivity index (χ1) is 12.4. The molecule has 0 unspecified atom stereocenters. The Bertz CT molecular complexity index is 859. The van der Waals surface area contributed by atoms with Gasteiger partial charge in [-0.25, -0.2) is 17.6 Å². The number of para-hydroxylation sites is 1. The van der Waals surface area contributed by atoms with Crippen molar-refractivity contribution in [1.82, 2.24) is 0 Å². The summed E-state index contributed by atoms with van der Waals surface area (Å²) in [4.78, 5) is 11.5. The summed E-state index contributed by atoms with van der Waals surface area (Å²) in [6.45, 7) is -0.193. The standard InChI is InChI=1S/C18H19ClFNO4S/c1-25-18(22)14-8-9-15(17(20)12-14)13-21(16-6-3-2-4-7-16)26(23,24)11-5-10-19/h2-4,6-9,12H,5,10-11,13H2,1H3. The highest BCUT2D eigenvalue weighted by Gasteiger charge is 2.24. The smallest absolute Gasteiger partial charge is 0.337 e. The van der Waals surface area contributed by atoms with E-state index in [0.29, 0.717) is 5.69 Å². The third-order valence-electron chi connectivity index (χ3n) is 3.70. The van der Waals surface area contributed by atoms with Crippen LogP contribution in [0, 0.1) is 5.82 Å². The molecule has 0 saturated heterocycles. The zero-order valence-electron chi connectivity index (χ0n) is 14.2. The summed E-state index contributed by atoms with van der Waals surface area (Å²) in [5.41, 5.74) is 0.638. The maximum atomic E-state index is 14.4. The number of esters is 1. The Morgan fingerprint density at radius 3 is 2.46 bits per heavy atom. The van der Waals surface area contributed by atoms with Gasteiger partial charge < -0.3 is 4.74 Å². The van der Waals surface area contributed by atoms with E-state index in [4.69, 9.17) is 11.6 Å². The van der Waals surface area contributed by atoms with Crippen LogP contribution in [0.15, 0.2) is 48.5 Å². The van der Waals surface area contributed by atoms with E-state index in [1.807, 2.05) is 0 Å². The zero-order chi connectivity index (χ0) is 19.2. The number of ether oxygens (including phenoxy) is 1. The number of carbonyl (C=O) groups is 1. The molecule has 0 heterocycles. The highest BCUT2D eigenvalue weighted by Crippen LogP contribution is 2.23. The van der Waals surface area contributed by atoms with Crippen molar-refractivity contribution < 1.29 is 22.3 Å². The average molecular weight is 400 g/mol. The van der Waals surface area contributed by atoms with Crippen molar-refractivity contribution >= 4 is 33.3 Å². The number of halogens is 2. The lowest BCUT2D eigenvalue weighted by Crippen LogP contribution is -2.33. The van der Waals surface area contributed by atoms with Gasteiger partial charge >= 0.3 is 5.97 Å². The van der Waals surface area contributed by atoms with Gasteiger partial charge in [0, 0.05) is 11.4 Å². The second-order valence-corrected chi connectivity index (χ2v) is 7.89. The number of hydrogen-bond donors (Lipinski definition) is 0. The second kappa shape index (κ2) is 9.00. The molecule has 0 aliphatic rings. The first-order valence-corrected chi connectivity index (χ1v) is 10.0. The molecule has 0 fully saturated rings. The lowest BCUT2D eigenvalue weighted by molar-refractivity contribution is 0.0600. The van der Waals surface area contributed by atoms with Gasteiger partial charge in [-0.1, -0.05) is 24.3 Å². The number of methoxy groups -OCH3 is 1. The summed E-state index contributed by atoms with van der Waals surface area (Å²) in [6.07, 6.45) is 0.289. The molecule has 0 amide bonds. The predicted octanol–water partition coefficient (Wildman–Crippen LogP) is 3.58.